The molecule has 1 amide bonds. The highest BCUT2D eigenvalue weighted by Gasteiger charge is 2.33. The van der Waals surface area contributed by atoms with E-state index in [1.54, 1.807) is 0 Å². The van der Waals surface area contributed by atoms with Crippen molar-refractivity contribution in [2.75, 3.05) is 11.1 Å². The molecule has 2 aromatic carbocycles. The van der Waals surface area contributed by atoms with Crippen LogP contribution in [0.1, 0.15) is 31.9 Å². The number of hydrogen-bond donors (Lipinski definition) is 1. The van der Waals surface area contributed by atoms with E-state index in [9.17, 15) is 18.0 Å². The first kappa shape index (κ1) is 20.6. The fourth-order valence-corrected chi connectivity index (χ4v) is 3.14. The summed E-state index contributed by atoms with van der Waals surface area (Å²) in [5.74, 6) is -0.288. The predicted octanol–water partition coefficient (Wildman–Crippen LogP) is 6.39. The smallest absolute Gasteiger partial charge is 0.325 e. The summed E-state index contributed by atoms with van der Waals surface area (Å²) in [4.78, 5) is 12.9. The molecule has 1 N–H and O–H groups in total. The molecule has 0 unspecified atom stereocenters. The Hall–Kier alpha value is -1.66. The molecule has 0 aliphatic heterocycles. The summed E-state index contributed by atoms with van der Waals surface area (Å²) >= 11 is 6.89. The first-order chi connectivity index (χ1) is 12.0. The lowest BCUT2D eigenvalue weighted by Gasteiger charge is -2.19. The lowest BCUT2D eigenvalue weighted by Crippen LogP contribution is -2.15. The summed E-state index contributed by atoms with van der Waals surface area (Å²) in [7, 11) is 0. The van der Waals surface area contributed by atoms with Crippen molar-refractivity contribution in [3.63, 3.8) is 0 Å². The third kappa shape index (κ3) is 5.68. The van der Waals surface area contributed by atoms with E-state index in [0.29, 0.717) is 0 Å². The Bertz CT molecular complexity index is 783. The Morgan fingerprint density at radius 3 is 2.23 bits per heavy atom. The number of amides is 1. The molecule has 2 aromatic rings. The predicted molar refractivity (Wildman–Crippen MR) is 101 cm³/mol. The number of alkyl halides is 3. The van der Waals surface area contributed by atoms with Crippen LogP contribution >= 0.6 is 23.4 Å². The van der Waals surface area contributed by atoms with Gasteiger partial charge in [0.15, 0.2) is 0 Å². The van der Waals surface area contributed by atoms with Gasteiger partial charge in [0.1, 0.15) is 0 Å². The highest BCUT2D eigenvalue weighted by Crippen LogP contribution is 2.36. The van der Waals surface area contributed by atoms with Gasteiger partial charge in [0.25, 0.3) is 0 Å². The Balaban J connectivity index is 1.97. The van der Waals surface area contributed by atoms with Gasteiger partial charge in [-0.25, -0.2) is 0 Å². The Morgan fingerprint density at radius 1 is 1.08 bits per heavy atom. The van der Waals surface area contributed by atoms with Crippen molar-refractivity contribution in [3.05, 3.63) is 58.6 Å². The van der Waals surface area contributed by atoms with E-state index >= 15 is 0 Å². The van der Waals surface area contributed by atoms with Crippen molar-refractivity contribution in [1.82, 2.24) is 0 Å². The molecule has 2 rings (SSSR count). The number of nitrogens with one attached hydrogen (secondary N) is 1. The molecule has 0 saturated carbocycles. The molecule has 0 aromatic heterocycles. The van der Waals surface area contributed by atoms with Crippen molar-refractivity contribution in [1.29, 1.82) is 0 Å². The summed E-state index contributed by atoms with van der Waals surface area (Å²) in [5.41, 5.74) is 0.329. The SMILES string of the molecule is CC(C)(C)c1ccc(SCC(=O)Nc2ccc(Cl)c(C(F)(F)F)c2)cc1. The van der Waals surface area contributed by atoms with Crippen LogP contribution in [-0.2, 0) is 16.4 Å². The van der Waals surface area contributed by atoms with Crippen molar-refractivity contribution < 1.29 is 18.0 Å². The summed E-state index contributed by atoms with van der Waals surface area (Å²) < 4.78 is 38.6. The maximum atomic E-state index is 12.9. The molecule has 0 saturated heterocycles. The molecule has 0 radical (unpaired) electrons. The molecule has 140 valence electrons. The lowest BCUT2D eigenvalue weighted by molar-refractivity contribution is -0.137. The van der Waals surface area contributed by atoms with Gasteiger partial charge in [-0.2, -0.15) is 13.2 Å². The van der Waals surface area contributed by atoms with Crippen molar-refractivity contribution >= 4 is 35.0 Å². The van der Waals surface area contributed by atoms with Crippen LogP contribution in [0.5, 0.6) is 0 Å². The first-order valence-corrected chi connectivity index (χ1v) is 9.23. The summed E-state index contributed by atoms with van der Waals surface area (Å²) in [6.45, 7) is 6.34. The molecule has 0 heterocycles. The average molecular weight is 402 g/mol. The third-order valence-electron chi connectivity index (χ3n) is 3.65. The Kier molecular flexibility index (Phi) is 6.29. The normalized spacial score (nSPS) is 12.1. The molecule has 0 atom stereocenters. The van der Waals surface area contributed by atoms with Crippen LogP contribution in [0.15, 0.2) is 47.4 Å². The maximum Gasteiger partial charge on any atom is 0.417 e. The van der Waals surface area contributed by atoms with Crippen molar-refractivity contribution in [2.24, 2.45) is 0 Å². The first-order valence-electron chi connectivity index (χ1n) is 7.87. The second kappa shape index (κ2) is 7.92. The van der Waals surface area contributed by atoms with Crippen LogP contribution in [0, 0.1) is 0 Å². The summed E-state index contributed by atoms with van der Waals surface area (Å²) in [6, 6.07) is 11.2. The third-order valence-corrected chi connectivity index (χ3v) is 4.99. The van der Waals surface area contributed by atoms with Crippen LogP contribution < -0.4 is 5.32 Å². The molecule has 2 nitrogen and oxygen atoms in total. The van der Waals surface area contributed by atoms with Crippen LogP contribution in [0.25, 0.3) is 0 Å². The van der Waals surface area contributed by atoms with Gasteiger partial charge >= 0.3 is 6.18 Å². The van der Waals surface area contributed by atoms with Gasteiger partial charge in [-0.15, -0.1) is 11.8 Å². The fraction of sp³-hybridized carbons (Fsp3) is 0.316. The number of thioether (sulfide) groups is 1. The molecular weight excluding hydrogens is 383 g/mol. The number of hydrogen-bond acceptors (Lipinski definition) is 2. The molecule has 26 heavy (non-hydrogen) atoms. The maximum absolute atomic E-state index is 12.9. The number of carbonyl (C=O) groups is 1. The molecule has 0 spiro atoms. The van der Waals surface area contributed by atoms with E-state index in [-0.39, 0.29) is 22.8 Å². The van der Waals surface area contributed by atoms with Gasteiger partial charge in [0.2, 0.25) is 5.91 Å². The Labute approximate surface area is 160 Å². The van der Waals surface area contributed by atoms with E-state index in [4.69, 9.17) is 11.6 Å². The zero-order valence-corrected chi connectivity index (χ0v) is 16.1. The van der Waals surface area contributed by atoms with Crippen LogP contribution in [0.4, 0.5) is 18.9 Å². The van der Waals surface area contributed by atoms with Gasteiger partial charge in [-0.05, 0) is 41.3 Å². The van der Waals surface area contributed by atoms with Crippen LogP contribution in [0.3, 0.4) is 0 Å². The highest BCUT2D eigenvalue weighted by molar-refractivity contribution is 8.00. The fourth-order valence-electron chi connectivity index (χ4n) is 2.22. The minimum absolute atomic E-state index is 0.0470. The minimum Gasteiger partial charge on any atom is -0.325 e. The van der Waals surface area contributed by atoms with E-state index in [1.165, 1.54) is 23.4 Å². The second-order valence-electron chi connectivity index (χ2n) is 6.80. The van der Waals surface area contributed by atoms with Gasteiger partial charge in [0.05, 0.1) is 16.3 Å². The minimum atomic E-state index is -4.57. The molecule has 0 fully saturated rings. The average Bonchev–Trinajstić information content (AvgIpc) is 2.53. The van der Waals surface area contributed by atoms with Gasteiger partial charge in [-0.1, -0.05) is 44.5 Å². The number of rotatable bonds is 4. The van der Waals surface area contributed by atoms with E-state index in [1.807, 2.05) is 24.3 Å². The summed E-state index contributed by atoms with van der Waals surface area (Å²) in [6.07, 6.45) is -4.57. The zero-order valence-electron chi connectivity index (χ0n) is 14.6. The van der Waals surface area contributed by atoms with Gasteiger partial charge in [0, 0.05) is 10.6 Å². The standard InChI is InChI=1S/C19H19ClF3NOS/c1-18(2,3)12-4-7-14(8-5-12)26-11-17(25)24-13-6-9-16(20)15(10-13)19(21,22)23/h4-10H,11H2,1-3H3,(H,24,25). The second-order valence-corrected chi connectivity index (χ2v) is 8.26. The zero-order chi connectivity index (χ0) is 19.5. The van der Waals surface area contributed by atoms with Crippen LogP contribution in [0.2, 0.25) is 5.02 Å². The van der Waals surface area contributed by atoms with Crippen molar-refractivity contribution in [3.8, 4) is 0 Å². The number of halogens is 4. The van der Waals surface area contributed by atoms with E-state index in [2.05, 4.69) is 26.1 Å². The Morgan fingerprint density at radius 2 is 1.69 bits per heavy atom. The topological polar surface area (TPSA) is 29.1 Å². The molecule has 0 aliphatic rings. The molecule has 0 bridgehead atoms. The lowest BCUT2D eigenvalue weighted by atomic mass is 9.87. The highest BCUT2D eigenvalue weighted by atomic mass is 35.5. The summed E-state index contributed by atoms with van der Waals surface area (Å²) in [5, 5.41) is 2.07. The molecule has 0 aliphatic carbocycles. The largest absolute Gasteiger partial charge is 0.417 e. The number of benzene rings is 2. The number of carbonyl (C=O) groups excluding carboxylic acids is 1. The van der Waals surface area contributed by atoms with Gasteiger partial charge < -0.3 is 5.32 Å². The van der Waals surface area contributed by atoms with Crippen LogP contribution in [-0.4, -0.2) is 11.7 Å². The van der Waals surface area contributed by atoms with Crippen molar-refractivity contribution in [2.45, 2.75) is 37.3 Å². The molecular formula is C19H19ClF3NOS. The number of anilines is 1. The molecule has 7 heteroatoms. The monoisotopic (exact) mass is 401 g/mol. The van der Waals surface area contributed by atoms with Gasteiger partial charge in [-0.3, -0.25) is 4.79 Å². The quantitative estimate of drug-likeness (QED) is 0.601. The van der Waals surface area contributed by atoms with E-state index < -0.39 is 16.8 Å². The van der Waals surface area contributed by atoms with E-state index in [0.717, 1.165) is 17.0 Å².